The molecule has 4 heterocycles. The maximum absolute atomic E-state index is 13.1. The Bertz CT molecular complexity index is 1820. The lowest BCUT2D eigenvalue weighted by atomic mass is 10.1. The smallest absolute Gasteiger partial charge is 0.262 e. The van der Waals surface area contributed by atoms with Crippen LogP contribution in [0.15, 0.2) is 74.7 Å². The molecule has 168 valence electrons. The van der Waals surface area contributed by atoms with Crippen molar-refractivity contribution in [1.82, 2.24) is 29.1 Å². The van der Waals surface area contributed by atoms with Crippen molar-refractivity contribution in [2.24, 2.45) is 7.05 Å². The Balaban J connectivity index is 1.43. The van der Waals surface area contributed by atoms with Gasteiger partial charge in [0.2, 0.25) is 5.78 Å². The van der Waals surface area contributed by atoms with Gasteiger partial charge in [-0.2, -0.15) is 0 Å². The molecule has 1 N–H and O–H groups in total. The summed E-state index contributed by atoms with van der Waals surface area (Å²) in [6.45, 7) is 1.96. The molecule has 10 heteroatoms. The molecule has 0 amide bonds. The SMILES string of the molecule is CC(Sc1nnc2n(C)c(=O)c3ccccc3n12)c1nc2scc(-c3ccccc3)c2c(=O)[nH]1. The van der Waals surface area contributed by atoms with Crippen LogP contribution in [0.4, 0.5) is 0 Å². The normalized spacial score (nSPS) is 12.6. The third-order valence-corrected chi connectivity index (χ3v) is 7.73. The third kappa shape index (κ3) is 3.17. The number of nitrogens with zero attached hydrogens (tertiary/aromatic N) is 5. The van der Waals surface area contributed by atoms with Crippen LogP contribution in [0.5, 0.6) is 0 Å². The molecule has 0 saturated carbocycles. The van der Waals surface area contributed by atoms with Crippen LogP contribution in [-0.4, -0.2) is 29.1 Å². The number of rotatable bonds is 4. The summed E-state index contributed by atoms with van der Waals surface area (Å²) in [5.41, 5.74) is 2.33. The number of thioether (sulfide) groups is 1. The zero-order chi connectivity index (χ0) is 23.4. The van der Waals surface area contributed by atoms with E-state index >= 15 is 0 Å². The molecular formula is C24H18N6O2S2. The highest BCUT2D eigenvalue weighted by Gasteiger charge is 2.21. The van der Waals surface area contributed by atoms with Gasteiger partial charge in [-0.25, -0.2) is 4.98 Å². The number of nitrogens with one attached hydrogen (secondary N) is 1. The van der Waals surface area contributed by atoms with Crippen molar-refractivity contribution in [2.45, 2.75) is 17.3 Å². The van der Waals surface area contributed by atoms with Gasteiger partial charge in [-0.15, -0.1) is 21.5 Å². The number of aromatic nitrogens is 6. The van der Waals surface area contributed by atoms with Gasteiger partial charge in [0.25, 0.3) is 11.1 Å². The fourth-order valence-electron chi connectivity index (χ4n) is 4.09. The summed E-state index contributed by atoms with van der Waals surface area (Å²) in [4.78, 5) is 34.2. The van der Waals surface area contributed by atoms with Crippen molar-refractivity contribution in [3.05, 3.63) is 86.5 Å². The van der Waals surface area contributed by atoms with Gasteiger partial charge in [0.1, 0.15) is 10.7 Å². The minimum absolute atomic E-state index is 0.122. The van der Waals surface area contributed by atoms with Crippen LogP contribution in [0.25, 0.3) is 38.0 Å². The molecule has 0 radical (unpaired) electrons. The number of hydrogen-bond acceptors (Lipinski definition) is 7. The molecule has 4 aromatic heterocycles. The minimum Gasteiger partial charge on any atom is -0.309 e. The van der Waals surface area contributed by atoms with Gasteiger partial charge in [0.15, 0.2) is 5.16 Å². The summed E-state index contributed by atoms with van der Waals surface area (Å²) in [6.07, 6.45) is 0. The van der Waals surface area contributed by atoms with Crippen LogP contribution in [0, 0.1) is 0 Å². The average molecular weight is 487 g/mol. The number of para-hydroxylation sites is 1. The van der Waals surface area contributed by atoms with Gasteiger partial charge in [-0.1, -0.05) is 54.2 Å². The summed E-state index contributed by atoms with van der Waals surface area (Å²) >= 11 is 2.89. The molecule has 34 heavy (non-hydrogen) atoms. The van der Waals surface area contributed by atoms with Crippen molar-refractivity contribution >= 4 is 50.0 Å². The third-order valence-electron chi connectivity index (χ3n) is 5.81. The number of thiophene rings is 1. The Morgan fingerprint density at radius 1 is 1.03 bits per heavy atom. The second kappa shape index (κ2) is 7.93. The van der Waals surface area contributed by atoms with E-state index < -0.39 is 0 Å². The summed E-state index contributed by atoms with van der Waals surface area (Å²) in [7, 11) is 1.69. The zero-order valence-corrected chi connectivity index (χ0v) is 19.9. The van der Waals surface area contributed by atoms with E-state index in [1.165, 1.54) is 27.7 Å². The summed E-state index contributed by atoms with van der Waals surface area (Å²) in [6, 6.07) is 17.2. The number of aryl methyl sites for hydroxylation is 1. The largest absolute Gasteiger partial charge is 0.309 e. The molecule has 8 nitrogen and oxygen atoms in total. The zero-order valence-electron chi connectivity index (χ0n) is 18.2. The maximum Gasteiger partial charge on any atom is 0.262 e. The number of aromatic amines is 1. The molecule has 0 bridgehead atoms. The lowest BCUT2D eigenvalue weighted by Gasteiger charge is -2.11. The number of H-pyrrole nitrogens is 1. The lowest BCUT2D eigenvalue weighted by molar-refractivity contribution is 0.851. The monoisotopic (exact) mass is 486 g/mol. The Labute approximate surface area is 200 Å². The first kappa shape index (κ1) is 20.8. The topological polar surface area (TPSA) is 97.9 Å². The molecule has 0 aliphatic carbocycles. The number of fused-ring (bicyclic) bond motifs is 4. The van der Waals surface area contributed by atoms with Crippen LogP contribution in [-0.2, 0) is 7.05 Å². The van der Waals surface area contributed by atoms with E-state index in [0.29, 0.717) is 32.4 Å². The second-order valence-electron chi connectivity index (χ2n) is 7.91. The van der Waals surface area contributed by atoms with Gasteiger partial charge < -0.3 is 4.98 Å². The van der Waals surface area contributed by atoms with Crippen LogP contribution in [0.3, 0.4) is 0 Å². The Morgan fingerprint density at radius 3 is 2.62 bits per heavy atom. The van der Waals surface area contributed by atoms with E-state index in [9.17, 15) is 9.59 Å². The first-order valence-electron chi connectivity index (χ1n) is 10.6. The Kier molecular flexibility index (Phi) is 4.85. The van der Waals surface area contributed by atoms with Gasteiger partial charge in [0, 0.05) is 18.0 Å². The lowest BCUT2D eigenvalue weighted by Crippen LogP contribution is -2.20. The van der Waals surface area contributed by atoms with Crippen LogP contribution in [0.2, 0.25) is 0 Å². The molecule has 1 unspecified atom stereocenters. The maximum atomic E-state index is 13.1. The second-order valence-corrected chi connectivity index (χ2v) is 10.1. The first-order valence-corrected chi connectivity index (χ1v) is 12.3. The quantitative estimate of drug-likeness (QED) is 0.371. The molecule has 0 spiro atoms. The van der Waals surface area contributed by atoms with Crippen molar-refractivity contribution in [2.75, 3.05) is 0 Å². The standard InChI is InChI=1S/C24H18N6O2S2/c1-13(19-25-20(31)18-16(12-33-21(18)26-19)14-8-4-3-5-9-14)34-24-28-27-23-29(2)22(32)15-10-6-7-11-17(15)30(23)24/h3-13H,1-2H3,(H,25,26,31). The average Bonchev–Trinajstić information content (AvgIpc) is 3.48. The van der Waals surface area contributed by atoms with Crippen molar-refractivity contribution in [1.29, 1.82) is 0 Å². The Hall–Kier alpha value is -3.76. The molecule has 1 atom stereocenters. The van der Waals surface area contributed by atoms with Crippen molar-refractivity contribution < 1.29 is 0 Å². The summed E-state index contributed by atoms with van der Waals surface area (Å²) < 4.78 is 3.36. The highest BCUT2D eigenvalue weighted by Crippen LogP contribution is 2.35. The van der Waals surface area contributed by atoms with Crippen LogP contribution >= 0.6 is 23.1 Å². The van der Waals surface area contributed by atoms with E-state index in [4.69, 9.17) is 4.98 Å². The first-order chi connectivity index (χ1) is 16.5. The minimum atomic E-state index is -0.206. The predicted octanol–water partition coefficient (Wildman–Crippen LogP) is 4.40. The fourth-order valence-corrected chi connectivity index (χ4v) is 5.96. The van der Waals surface area contributed by atoms with Gasteiger partial charge in [-0.3, -0.25) is 18.6 Å². The van der Waals surface area contributed by atoms with E-state index in [1.807, 2.05) is 65.2 Å². The van der Waals surface area contributed by atoms with Gasteiger partial charge >= 0.3 is 0 Å². The molecule has 0 aliphatic heterocycles. The van der Waals surface area contributed by atoms with E-state index in [2.05, 4.69) is 15.2 Å². The molecular weight excluding hydrogens is 468 g/mol. The predicted molar refractivity (Wildman–Crippen MR) is 136 cm³/mol. The summed E-state index contributed by atoms with van der Waals surface area (Å²) in [5, 5.41) is 12.2. The number of benzene rings is 2. The van der Waals surface area contributed by atoms with Crippen LogP contribution in [0.1, 0.15) is 18.0 Å². The number of hydrogen-bond donors (Lipinski definition) is 1. The molecule has 0 saturated heterocycles. The van der Waals surface area contributed by atoms with Crippen molar-refractivity contribution in [3.8, 4) is 11.1 Å². The van der Waals surface area contributed by atoms with Gasteiger partial charge in [-0.05, 0) is 24.6 Å². The highest BCUT2D eigenvalue weighted by atomic mass is 32.2. The van der Waals surface area contributed by atoms with E-state index in [1.54, 1.807) is 13.1 Å². The molecule has 6 rings (SSSR count). The molecule has 0 fully saturated rings. The Morgan fingerprint density at radius 2 is 1.79 bits per heavy atom. The van der Waals surface area contributed by atoms with Crippen LogP contribution < -0.4 is 11.1 Å². The molecule has 2 aromatic carbocycles. The fraction of sp³-hybridized carbons (Fsp3) is 0.125. The molecule has 0 aliphatic rings. The summed E-state index contributed by atoms with van der Waals surface area (Å²) in [5.74, 6) is 1.02. The highest BCUT2D eigenvalue weighted by molar-refractivity contribution is 7.99. The van der Waals surface area contributed by atoms with E-state index in [0.717, 1.165) is 16.6 Å². The van der Waals surface area contributed by atoms with Gasteiger partial charge in [0.05, 0.1) is 21.5 Å². The van der Waals surface area contributed by atoms with Crippen molar-refractivity contribution in [3.63, 3.8) is 0 Å². The van der Waals surface area contributed by atoms with E-state index in [-0.39, 0.29) is 16.4 Å². The molecule has 6 aromatic rings.